The Labute approximate surface area is 155 Å². The van der Waals surface area contributed by atoms with Crippen molar-refractivity contribution in [2.24, 2.45) is 0 Å². The molecule has 0 amide bonds. The van der Waals surface area contributed by atoms with Crippen LogP contribution in [0.2, 0.25) is 0 Å². The molecule has 0 saturated heterocycles. The Hall–Kier alpha value is -0.0503. The first-order chi connectivity index (χ1) is 9.11. The van der Waals surface area contributed by atoms with Crippen molar-refractivity contribution in [3.63, 3.8) is 0 Å². The summed E-state index contributed by atoms with van der Waals surface area (Å²) in [4.78, 5) is 11.6. The van der Waals surface area contributed by atoms with Crippen LogP contribution in [-0.2, 0) is 10.2 Å². The molecule has 20 heavy (non-hydrogen) atoms. The molecule has 0 fully saturated rings. The smallest absolute Gasteiger partial charge is 1.00 e. The van der Waals surface area contributed by atoms with E-state index in [4.69, 9.17) is 0 Å². The maximum atomic E-state index is 11.6. The molecular weight excluding hydrogens is 276 g/mol. The second-order valence-corrected chi connectivity index (χ2v) is 5.52. The minimum absolute atomic E-state index is 0. The van der Waals surface area contributed by atoms with Gasteiger partial charge in [0.2, 0.25) is 0 Å². The third kappa shape index (κ3) is 6.15. The van der Waals surface area contributed by atoms with Crippen molar-refractivity contribution in [3.8, 4) is 0 Å². The van der Waals surface area contributed by atoms with E-state index in [9.17, 15) is 9.90 Å². The number of hydrogen-bond acceptors (Lipinski definition) is 1. The molecule has 1 rings (SSSR count). The van der Waals surface area contributed by atoms with E-state index in [0.29, 0.717) is 0 Å². The van der Waals surface area contributed by atoms with Gasteiger partial charge in [-0.3, -0.25) is 4.79 Å². The summed E-state index contributed by atoms with van der Waals surface area (Å²) < 4.78 is 0. The van der Waals surface area contributed by atoms with Crippen LogP contribution in [0.3, 0.4) is 0 Å². The third-order valence-electron chi connectivity index (χ3n) is 3.91. The summed E-state index contributed by atoms with van der Waals surface area (Å²) in [5.41, 5.74) is 0.169. The maximum absolute atomic E-state index is 11.6. The fourth-order valence-corrected chi connectivity index (χ4v) is 2.44. The van der Waals surface area contributed by atoms with Crippen molar-refractivity contribution in [2.45, 2.75) is 64.2 Å². The third-order valence-corrected chi connectivity index (χ3v) is 3.91. The van der Waals surface area contributed by atoms with Crippen LogP contribution in [0.25, 0.3) is 0 Å². The average molecular weight is 304 g/mol. The van der Waals surface area contributed by atoms with Crippen molar-refractivity contribution in [3.05, 3.63) is 35.9 Å². The molecule has 0 aromatic heterocycles. The van der Waals surface area contributed by atoms with Crippen LogP contribution in [0.15, 0.2) is 30.3 Å². The summed E-state index contributed by atoms with van der Waals surface area (Å²) in [5, 5.41) is 9.53. The van der Waals surface area contributed by atoms with Crippen LogP contribution < -0.4 is 0 Å². The molecule has 1 unspecified atom stereocenters. The minimum atomic E-state index is -0.744. The van der Waals surface area contributed by atoms with Crippen LogP contribution in [0.1, 0.15) is 67.2 Å². The van der Waals surface area contributed by atoms with Crippen molar-refractivity contribution in [1.82, 2.24) is 0 Å². The first-order valence-corrected chi connectivity index (χ1v) is 7.40. The zero-order valence-corrected chi connectivity index (χ0v) is 15.1. The Morgan fingerprint density at radius 1 is 1.10 bits per heavy atom. The topological polar surface area (TPSA) is 37.3 Å². The van der Waals surface area contributed by atoms with Crippen LogP contribution in [-0.4, -0.2) is 48.8 Å². The first kappa shape index (κ1) is 19.9. The van der Waals surface area contributed by atoms with Gasteiger partial charge in [-0.2, -0.15) is 0 Å². The first-order valence-electron chi connectivity index (χ1n) is 7.40. The SMILES string of the molecule is CCCCCCCCC(C)(C(=O)O)c1ccccc1.[Ca+2].[H-].[H-]. The molecule has 3 heteroatoms. The molecule has 110 valence electrons. The number of rotatable bonds is 9. The number of carboxylic acid groups (broad SMARTS) is 1. The van der Waals surface area contributed by atoms with E-state index in [1.54, 1.807) is 0 Å². The van der Waals surface area contributed by atoms with Crippen LogP contribution >= 0.6 is 0 Å². The van der Waals surface area contributed by atoms with E-state index in [-0.39, 0.29) is 40.6 Å². The number of benzene rings is 1. The molecule has 1 atom stereocenters. The van der Waals surface area contributed by atoms with Gasteiger partial charge in [0.05, 0.1) is 5.41 Å². The van der Waals surface area contributed by atoms with E-state index in [0.717, 1.165) is 24.8 Å². The predicted molar refractivity (Wildman–Crippen MR) is 87.4 cm³/mol. The molecule has 0 spiro atoms. The van der Waals surface area contributed by atoms with Gasteiger partial charge in [-0.05, 0) is 18.9 Å². The van der Waals surface area contributed by atoms with Gasteiger partial charge in [0.1, 0.15) is 0 Å². The zero-order valence-electron chi connectivity index (χ0n) is 14.9. The molecule has 1 aromatic carbocycles. The van der Waals surface area contributed by atoms with Gasteiger partial charge in [0.15, 0.2) is 0 Å². The van der Waals surface area contributed by atoms with Crippen molar-refractivity contribution < 1.29 is 12.8 Å². The van der Waals surface area contributed by atoms with Crippen molar-refractivity contribution in [1.29, 1.82) is 0 Å². The summed E-state index contributed by atoms with van der Waals surface area (Å²) in [6, 6.07) is 9.60. The molecule has 2 nitrogen and oxygen atoms in total. The fourth-order valence-electron chi connectivity index (χ4n) is 2.44. The van der Waals surface area contributed by atoms with Crippen LogP contribution in [0, 0.1) is 0 Å². The Balaban J connectivity index is -0.00000120. The molecular formula is C17H28CaO2. The Morgan fingerprint density at radius 2 is 1.65 bits per heavy atom. The van der Waals surface area contributed by atoms with Crippen molar-refractivity contribution >= 4 is 43.7 Å². The standard InChI is InChI=1S/C17H26O2.Ca.2H/c1-3-4-5-6-7-11-14-17(2,16(18)19)15-12-9-8-10-13-15;;;/h8-10,12-13H,3-7,11,14H2,1-2H3,(H,18,19);;;/q;+2;2*-1. The number of hydrogen-bond donors (Lipinski definition) is 1. The Morgan fingerprint density at radius 3 is 2.20 bits per heavy atom. The van der Waals surface area contributed by atoms with E-state index >= 15 is 0 Å². The van der Waals surface area contributed by atoms with Gasteiger partial charge in [0.25, 0.3) is 0 Å². The fraction of sp³-hybridized carbons (Fsp3) is 0.588. The second kappa shape index (κ2) is 10.6. The predicted octanol–water partition coefficient (Wildman–Crippen LogP) is 4.62. The van der Waals surface area contributed by atoms with Crippen molar-refractivity contribution in [2.75, 3.05) is 0 Å². The monoisotopic (exact) mass is 304 g/mol. The van der Waals surface area contributed by atoms with Crippen LogP contribution in [0.4, 0.5) is 0 Å². The normalized spacial score (nSPS) is 13.3. The minimum Gasteiger partial charge on any atom is -1.00 e. The average Bonchev–Trinajstić information content (AvgIpc) is 2.43. The van der Waals surface area contributed by atoms with E-state index < -0.39 is 11.4 Å². The van der Waals surface area contributed by atoms with Crippen LogP contribution in [0.5, 0.6) is 0 Å². The zero-order chi connectivity index (χ0) is 14.1. The Kier molecular flexibility index (Phi) is 10.6. The molecule has 1 aromatic rings. The molecule has 0 aliphatic rings. The number of carboxylic acids is 1. The quantitative estimate of drug-likeness (QED) is 0.534. The van der Waals surface area contributed by atoms with Gasteiger partial charge in [-0.1, -0.05) is 75.8 Å². The summed E-state index contributed by atoms with van der Waals surface area (Å²) in [5.74, 6) is -0.716. The summed E-state index contributed by atoms with van der Waals surface area (Å²) >= 11 is 0. The van der Waals surface area contributed by atoms with Gasteiger partial charge in [-0.15, -0.1) is 0 Å². The molecule has 0 aliphatic heterocycles. The van der Waals surface area contributed by atoms with E-state index in [1.807, 2.05) is 37.3 Å². The molecule has 0 saturated carbocycles. The molecule has 0 aliphatic carbocycles. The van der Waals surface area contributed by atoms with E-state index in [2.05, 4.69) is 6.92 Å². The summed E-state index contributed by atoms with van der Waals surface area (Å²) in [7, 11) is 0. The van der Waals surface area contributed by atoms with Gasteiger partial charge in [0, 0.05) is 0 Å². The van der Waals surface area contributed by atoms with Gasteiger partial charge in [-0.25, -0.2) is 0 Å². The molecule has 0 bridgehead atoms. The number of carbonyl (C=O) groups is 1. The molecule has 0 heterocycles. The summed E-state index contributed by atoms with van der Waals surface area (Å²) in [6.45, 7) is 4.05. The largest absolute Gasteiger partial charge is 2.00 e. The van der Waals surface area contributed by atoms with E-state index in [1.165, 1.54) is 25.7 Å². The second-order valence-electron chi connectivity index (χ2n) is 5.52. The molecule has 1 N–H and O–H groups in total. The number of aliphatic carboxylic acids is 1. The van der Waals surface area contributed by atoms with Gasteiger partial charge < -0.3 is 7.96 Å². The number of unbranched alkanes of at least 4 members (excludes halogenated alkanes) is 5. The molecule has 0 radical (unpaired) electrons. The summed E-state index contributed by atoms with van der Waals surface area (Å²) in [6.07, 6.45) is 7.87. The van der Waals surface area contributed by atoms with Gasteiger partial charge >= 0.3 is 43.7 Å². The maximum Gasteiger partial charge on any atom is 2.00 e. The Bertz CT molecular complexity index is 388.